The maximum Gasteiger partial charge on any atom is 0.300 e. The lowest BCUT2D eigenvalue weighted by molar-refractivity contribution is -0.132. The number of benzene rings is 2. The van der Waals surface area contributed by atoms with Gasteiger partial charge in [-0.15, -0.1) is 0 Å². The molecule has 2 aromatic carbocycles. The van der Waals surface area contributed by atoms with E-state index in [1.807, 2.05) is 0 Å². The molecule has 1 saturated heterocycles. The topological polar surface area (TPSA) is 80.0 Å². The van der Waals surface area contributed by atoms with E-state index in [2.05, 4.69) is 0 Å². The van der Waals surface area contributed by atoms with Gasteiger partial charge in [0.05, 0.1) is 23.5 Å². The monoisotopic (exact) mass is 471 g/mol. The van der Waals surface area contributed by atoms with Gasteiger partial charge in [-0.3, -0.25) is 14.5 Å². The van der Waals surface area contributed by atoms with E-state index >= 15 is 0 Å². The SMILES string of the molecule is CCOc1cc(/C(O)=C2/C(=O)C(=O)N(c3cccc(Cl)c3C)C2c2ccco2)ccc1Cl. The summed E-state index contributed by atoms with van der Waals surface area (Å²) in [6.07, 6.45) is 1.44. The highest BCUT2D eigenvalue weighted by Crippen LogP contribution is 2.44. The zero-order valence-corrected chi connectivity index (χ0v) is 18.8. The molecule has 164 valence electrons. The molecule has 2 heterocycles. The number of Topliss-reactive ketones (excluding diaryl/α,β-unsaturated/α-hetero) is 1. The third-order valence-electron chi connectivity index (χ3n) is 5.26. The van der Waals surface area contributed by atoms with Gasteiger partial charge < -0.3 is 14.3 Å². The highest BCUT2D eigenvalue weighted by atomic mass is 35.5. The van der Waals surface area contributed by atoms with E-state index in [0.717, 1.165) is 0 Å². The Morgan fingerprint density at radius 1 is 1.12 bits per heavy atom. The lowest BCUT2D eigenvalue weighted by Gasteiger charge is -2.25. The van der Waals surface area contributed by atoms with E-state index in [-0.39, 0.29) is 16.9 Å². The average Bonchev–Trinajstić information content (AvgIpc) is 3.39. The van der Waals surface area contributed by atoms with Gasteiger partial charge in [0.2, 0.25) is 0 Å². The molecular formula is C24H19Cl2NO5. The number of rotatable bonds is 5. The van der Waals surface area contributed by atoms with Crippen LogP contribution in [-0.4, -0.2) is 23.4 Å². The van der Waals surface area contributed by atoms with Crippen molar-refractivity contribution in [1.82, 2.24) is 0 Å². The van der Waals surface area contributed by atoms with Crippen molar-refractivity contribution in [3.8, 4) is 5.75 Å². The number of aliphatic hydroxyl groups excluding tert-OH is 1. The molecular weight excluding hydrogens is 453 g/mol. The number of hydrogen-bond donors (Lipinski definition) is 1. The van der Waals surface area contributed by atoms with Crippen molar-refractivity contribution in [3.05, 3.63) is 87.3 Å². The van der Waals surface area contributed by atoms with Crippen molar-refractivity contribution in [3.63, 3.8) is 0 Å². The quantitative estimate of drug-likeness (QED) is 0.283. The third kappa shape index (κ3) is 3.66. The molecule has 1 aromatic heterocycles. The fraction of sp³-hybridized carbons (Fsp3) is 0.167. The number of ketones is 1. The van der Waals surface area contributed by atoms with Crippen molar-refractivity contribution in [1.29, 1.82) is 0 Å². The minimum atomic E-state index is -0.978. The van der Waals surface area contributed by atoms with Crippen molar-refractivity contribution >= 4 is 46.3 Å². The van der Waals surface area contributed by atoms with Crippen LogP contribution >= 0.6 is 23.2 Å². The Bertz CT molecular complexity index is 1230. The van der Waals surface area contributed by atoms with Gasteiger partial charge in [0, 0.05) is 16.3 Å². The molecule has 1 amide bonds. The lowest BCUT2D eigenvalue weighted by Crippen LogP contribution is -2.30. The number of furan rings is 1. The molecule has 1 fully saturated rings. The average molecular weight is 472 g/mol. The molecule has 3 aromatic rings. The Kier molecular flexibility index (Phi) is 6.00. The summed E-state index contributed by atoms with van der Waals surface area (Å²) in [6, 6.07) is 12.0. The van der Waals surface area contributed by atoms with E-state index in [1.165, 1.54) is 17.2 Å². The molecule has 6 nitrogen and oxygen atoms in total. The van der Waals surface area contributed by atoms with Crippen LogP contribution in [0.25, 0.3) is 5.76 Å². The zero-order chi connectivity index (χ0) is 23.0. The van der Waals surface area contributed by atoms with Crippen LogP contribution in [-0.2, 0) is 9.59 Å². The minimum absolute atomic E-state index is 0.103. The predicted molar refractivity (Wildman–Crippen MR) is 122 cm³/mol. The second-order valence-electron chi connectivity index (χ2n) is 7.15. The van der Waals surface area contributed by atoms with Crippen LogP contribution in [0.3, 0.4) is 0 Å². The van der Waals surface area contributed by atoms with Gasteiger partial charge >= 0.3 is 0 Å². The standard InChI is InChI=1S/C24H19Cl2NO5/c1-3-31-19-12-14(9-10-16(19)26)22(28)20-21(18-8-5-11-32-18)27(24(30)23(20)29)17-7-4-6-15(25)13(17)2/h4-12,21,28H,3H2,1-2H3/b22-20-. The van der Waals surface area contributed by atoms with Crippen LogP contribution in [0, 0.1) is 6.92 Å². The van der Waals surface area contributed by atoms with E-state index in [4.69, 9.17) is 32.4 Å². The molecule has 1 unspecified atom stereocenters. The molecule has 1 atom stereocenters. The molecule has 1 aliphatic rings. The summed E-state index contributed by atoms with van der Waals surface area (Å²) in [7, 11) is 0. The van der Waals surface area contributed by atoms with Crippen molar-refractivity contribution in [2.45, 2.75) is 19.9 Å². The maximum atomic E-state index is 13.1. The highest BCUT2D eigenvalue weighted by molar-refractivity contribution is 6.52. The Hall–Kier alpha value is -3.22. The summed E-state index contributed by atoms with van der Waals surface area (Å²) >= 11 is 12.4. The number of halogens is 2. The normalized spacial score (nSPS) is 17.8. The second kappa shape index (κ2) is 8.73. The Labute approximate surface area is 194 Å². The summed E-state index contributed by atoms with van der Waals surface area (Å²) in [5, 5.41) is 12.0. The number of aliphatic hydroxyl groups is 1. The van der Waals surface area contributed by atoms with E-state index in [0.29, 0.717) is 39.4 Å². The second-order valence-corrected chi connectivity index (χ2v) is 7.96. The van der Waals surface area contributed by atoms with E-state index in [1.54, 1.807) is 56.3 Å². The first-order valence-corrected chi connectivity index (χ1v) is 10.6. The number of anilines is 1. The molecule has 0 saturated carbocycles. The van der Waals surface area contributed by atoms with Crippen LogP contribution in [0.15, 0.2) is 64.8 Å². The van der Waals surface area contributed by atoms with Gasteiger partial charge in [-0.05, 0) is 61.9 Å². The number of amides is 1. The molecule has 0 spiro atoms. The highest BCUT2D eigenvalue weighted by Gasteiger charge is 2.48. The first-order valence-electron chi connectivity index (χ1n) is 9.87. The smallest absolute Gasteiger partial charge is 0.300 e. The maximum absolute atomic E-state index is 13.1. The van der Waals surface area contributed by atoms with Gasteiger partial charge in [0.1, 0.15) is 23.3 Å². The van der Waals surface area contributed by atoms with E-state index < -0.39 is 17.7 Å². The van der Waals surface area contributed by atoms with Crippen LogP contribution in [0.2, 0.25) is 10.0 Å². The van der Waals surface area contributed by atoms with Crippen molar-refractivity contribution < 1.29 is 23.8 Å². The van der Waals surface area contributed by atoms with Gasteiger partial charge in [0.25, 0.3) is 11.7 Å². The number of hydrogen-bond acceptors (Lipinski definition) is 5. The van der Waals surface area contributed by atoms with Crippen LogP contribution in [0.5, 0.6) is 5.75 Å². The molecule has 8 heteroatoms. The third-order valence-corrected chi connectivity index (χ3v) is 5.98. The van der Waals surface area contributed by atoms with Gasteiger partial charge in [-0.2, -0.15) is 0 Å². The fourth-order valence-electron chi connectivity index (χ4n) is 3.73. The zero-order valence-electron chi connectivity index (χ0n) is 17.3. The Balaban J connectivity index is 1.93. The van der Waals surface area contributed by atoms with Crippen molar-refractivity contribution in [2.24, 2.45) is 0 Å². The molecule has 0 aliphatic carbocycles. The first kappa shape index (κ1) is 22.0. The number of ether oxygens (including phenoxy) is 1. The van der Waals surface area contributed by atoms with Crippen LogP contribution < -0.4 is 9.64 Å². The molecule has 32 heavy (non-hydrogen) atoms. The van der Waals surface area contributed by atoms with Gasteiger partial charge in [0.15, 0.2) is 0 Å². The number of nitrogens with zero attached hydrogens (tertiary/aromatic N) is 1. The van der Waals surface area contributed by atoms with Crippen LogP contribution in [0.1, 0.15) is 29.9 Å². The lowest BCUT2D eigenvalue weighted by atomic mass is 9.99. The summed E-state index contributed by atoms with van der Waals surface area (Å²) in [4.78, 5) is 27.6. The first-order chi connectivity index (χ1) is 15.3. The van der Waals surface area contributed by atoms with Gasteiger partial charge in [-0.25, -0.2) is 0 Å². The van der Waals surface area contributed by atoms with Crippen LogP contribution in [0.4, 0.5) is 5.69 Å². The summed E-state index contributed by atoms with van der Waals surface area (Å²) < 4.78 is 11.1. The number of carbonyl (C=O) groups excluding carboxylic acids is 2. The van der Waals surface area contributed by atoms with E-state index in [9.17, 15) is 14.7 Å². The Morgan fingerprint density at radius 2 is 1.91 bits per heavy atom. The largest absolute Gasteiger partial charge is 0.507 e. The summed E-state index contributed by atoms with van der Waals surface area (Å²) in [5.41, 5.74) is 1.26. The summed E-state index contributed by atoms with van der Waals surface area (Å²) in [5.74, 6) is -1.31. The number of carbonyl (C=O) groups is 2. The molecule has 1 N–H and O–H groups in total. The van der Waals surface area contributed by atoms with Crippen molar-refractivity contribution in [2.75, 3.05) is 11.5 Å². The predicted octanol–water partition coefficient (Wildman–Crippen LogP) is 5.92. The fourth-order valence-corrected chi connectivity index (χ4v) is 4.07. The molecule has 4 rings (SSSR count). The molecule has 0 radical (unpaired) electrons. The Morgan fingerprint density at radius 3 is 2.59 bits per heavy atom. The summed E-state index contributed by atoms with van der Waals surface area (Å²) in [6.45, 7) is 3.93. The molecule has 0 bridgehead atoms. The van der Waals surface area contributed by atoms with Gasteiger partial charge in [-0.1, -0.05) is 29.3 Å². The minimum Gasteiger partial charge on any atom is -0.507 e. The molecule has 1 aliphatic heterocycles.